The summed E-state index contributed by atoms with van der Waals surface area (Å²) >= 11 is 0. The number of amides is 1. The molecule has 0 saturated carbocycles. The van der Waals surface area contributed by atoms with Crippen molar-refractivity contribution in [3.63, 3.8) is 0 Å². The van der Waals surface area contributed by atoms with Gasteiger partial charge >= 0.3 is 6.09 Å². The Morgan fingerprint density at radius 3 is 2.38 bits per heavy atom. The monoisotopic (exact) mass is 197 g/mol. The third kappa shape index (κ3) is 3.11. The number of rotatable bonds is 0. The third-order valence-corrected chi connectivity index (χ3v) is 2.70. The summed E-state index contributed by atoms with van der Waals surface area (Å²) in [6, 6.07) is 0. The van der Waals surface area contributed by atoms with E-state index in [2.05, 4.69) is 31.1 Å². The van der Waals surface area contributed by atoms with Crippen LogP contribution >= 0.6 is 0 Å². The number of carboxylic acid groups (broad SMARTS) is 1. The zero-order valence-electron chi connectivity index (χ0n) is 8.29. The second-order valence-corrected chi connectivity index (χ2v) is 9.15. The van der Waals surface area contributed by atoms with Gasteiger partial charge in [-0.2, -0.15) is 0 Å². The second kappa shape index (κ2) is 3.42. The molecule has 1 saturated heterocycles. The molecule has 0 spiro atoms. The zero-order chi connectivity index (χ0) is 10.1. The smallest absolute Gasteiger partial charge is 0.407 e. The molecule has 72 valence electrons. The molecule has 0 aromatic rings. The normalized spacial score (nSPS) is 17.3. The molecule has 1 N–H and O–H groups in total. The third-order valence-electron chi connectivity index (χ3n) is 1.80. The molecule has 0 atom stereocenters. The maximum Gasteiger partial charge on any atom is 0.407 e. The van der Waals surface area contributed by atoms with Crippen LogP contribution in [0.2, 0.25) is 19.6 Å². The van der Waals surface area contributed by atoms with E-state index >= 15 is 0 Å². The average Bonchev–Trinajstić information content (AvgIpc) is 1.79. The number of hydrogen-bond donors (Lipinski definition) is 1. The summed E-state index contributed by atoms with van der Waals surface area (Å²) in [5, 5.41) is 8.57. The van der Waals surface area contributed by atoms with E-state index in [0.717, 1.165) is 0 Å². The SMILES string of the molecule is C[Si](C)(C)C#CC1CN(C(=O)O)C1. The van der Waals surface area contributed by atoms with E-state index in [9.17, 15) is 4.79 Å². The maximum atomic E-state index is 10.4. The van der Waals surface area contributed by atoms with Crippen LogP contribution in [-0.2, 0) is 0 Å². The van der Waals surface area contributed by atoms with Crippen molar-refractivity contribution in [2.45, 2.75) is 19.6 Å². The Kier molecular flexibility index (Phi) is 2.67. The number of carbonyl (C=O) groups is 1. The average molecular weight is 197 g/mol. The Labute approximate surface area is 79.7 Å². The molecule has 0 unspecified atom stereocenters. The molecule has 3 nitrogen and oxygen atoms in total. The lowest BCUT2D eigenvalue weighted by atomic mass is 10.0. The minimum atomic E-state index is -1.28. The molecule has 0 aromatic carbocycles. The van der Waals surface area contributed by atoms with E-state index < -0.39 is 14.2 Å². The quantitative estimate of drug-likeness (QED) is 0.472. The fraction of sp³-hybridized carbons (Fsp3) is 0.667. The minimum Gasteiger partial charge on any atom is -0.465 e. The minimum absolute atomic E-state index is 0.280. The topological polar surface area (TPSA) is 40.5 Å². The molecule has 1 aliphatic rings. The van der Waals surface area contributed by atoms with Gasteiger partial charge in [0.15, 0.2) is 0 Å². The van der Waals surface area contributed by atoms with E-state index in [1.165, 1.54) is 4.90 Å². The van der Waals surface area contributed by atoms with Crippen molar-refractivity contribution in [1.82, 2.24) is 4.90 Å². The van der Waals surface area contributed by atoms with E-state index in [0.29, 0.717) is 13.1 Å². The summed E-state index contributed by atoms with van der Waals surface area (Å²) in [7, 11) is -1.28. The Morgan fingerprint density at radius 2 is 2.00 bits per heavy atom. The molecule has 13 heavy (non-hydrogen) atoms. The van der Waals surface area contributed by atoms with Crippen LogP contribution in [0.5, 0.6) is 0 Å². The molecule has 1 amide bonds. The number of hydrogen-bond acceptors (Lipinski definition) is 1. The summed E-state index contributed by atoms with van der Waals surface area (Å²) in [6.07, 6.45) is -0.828. The number of likely N-dealkylation sites (tertiary alicyclic amines) is 1. The standard InChI is InChI=1S/C9H15NO2Si/c1-13(2,3)5-4-8-6-10(7-8)9(11)12/h8H,6-7H2,1-3H3,(H,11,12). The van der Waals surface area contributed by atoms with Gasteiger partial charge in [0, 0.05) is 13.1 Å². The van der Waals surface area contributed by atoms with Crippen LogP contribution in [0.1, 0.15) is 0 Å². The van der Waals surface area contributed by atoms with Gasteiger partial charge in [-0.15, -0.1) is 11.5 Å². The van der Waals surface area contributed by atoms with Crippen molar-refractivity contribution in [1.29, 1.82) is 0 Å². The maximum absolute atomic E-state index is 10.4. The number of nitrogens with zero attached hydrogens (tertiary/aromatic N) is 1. The lowest BCUT2D eigenvalue weighted by Crippen LogP contribution is -2.48. The lowest BCUT2D eigenvalue weighted by Gasteiger charge is -2.33. The van der Waals surface area contributed by atoms with Crippen LogP contribution in [0.15, 0.2) is 0 Å². The molecular formula is C9H15NO2Si. The van der Waals surface area contributed by atoms with Crippen molar-refractivity contribution in [2.75, 3.05) is 13.1 Å². The highest BCUT2D eigenvalue weighted by molar-refractivity contribution is 6.83. The Balaban J connectivity index is 2.36. The van der Waals surface area contributed by atoms with Gasteiger partial charge in [0.05, 0.1) is 5.92 Å². The van der Waals surface area contributed by atoms with Crippen LogP contribution in [0, 0.1) is 17.4 Å². The summed E-state index contributed by atoms with van der Waals surface area (Å²) in [5.74, 6) is 3.43. The molecule has 0 aliphatic carbocycles. The van der Waals surface area contributed by atoms with Crippen LogP contribution in [-0.4, -0.2) is 37.3 Å². The lowest BCUT2D eigenvalue weighted by molar-refractivity contribution is 0.0999. The summed E-state index contributed by atoms with van der Waals surface area (Å²) < 4.78 is 0. The first-order chi connectivity index (χ1) is 5.88. The fourth-order valence-corrected chi connectivity index (χ4v) is 1.68. The largest absolute Gasteiger partial charge is 0.465 e. The van der Waals surface area contributed by atoms with E-state index in [-0.39, 0.29) is 5.92 Å². The van der Waals surface area contributed by atoms with Gasteiger partial charge in [0.2, 0.25) is 0 Å². The van der Waals surface area contributed by atoms with Crippen LogP contribution < -0.4 is 0 Å². The highest BCUT2D eigenvalue weighted by Gasteiger charge is 2.28. The highest BCUT2D eigenvalue weighted by Crippen LogP contribution is 2.14. The van der Waals surface area contributed by atoms with Gasteiger partial charge in [0.1, 0.15) is 8.07 Å². The summed E-state index contributed by atoms with van der Waals surface area (Å²) in [5.41, 5.74) is 3.25. The second-order valence-electron chi connectivity index (χ2n) is 4.40. The molecule has 1 fully saturated rings. The van der Waals surface area contributed by atoms with Crippen molar-refractivity contribution in [2.24, 2.45) is 5.92 Å². The summed E-state index contributed by atoms with van der Waals surface area (Å²) in [6.45, 7) is 7.74. The Hall–Kier alpha value is -0.953. The first kappa shape index (κ1) is 10.1. The van der Waals surface area contributed by atoms with Gasteiger partial charge < -0.3 is 10.0 Å². The van der Waals surface area contributed by atoms with Crippen LogP contribution in [0.3, 0.4) is 0 Å². The molecule has 4 heteroatoms. The van der Waals surface area contributed by atoms with Gasteiger partial charge in [-0.25, -0.2) is 4.79 Å². The fourth-order valence-electron chi connectivity index (χ4n) is 1.04. The molecule has 1 heterocycles. The molecular weight excluding hydrogens is 182 g/mol. The predicted molar refractivity (Wildman–Crippen MR) is 54.2 cm³/mol. The molecule has 1 rings (SSSR count). The van der Waals surface area contributed by atoms with Gasteiger partial charge in [-0.05, 0) is 0 Å². The van der Waals surface area contributed by atoms with Gasteiger partial charge in [-0.3, -0.25) is 0 Å². The Morgan fingerprint density at radius 1 is 1.46 bits per heavy atom. The first-order valence-electron chi connectivity index (χ1n) is 4.39. The van der Waals surface area contributed by atoms with E-state index in [1.54, 1.807) is 0 Å². The van der Waals surface area contributed by atoms with Gasteiger partial charge in [0.25, 0.3) is 0 Å². The van der Waals surface area contributed by atoms with Crippen molar-refractivity contribution in [3.05, 3.63) is 0 Å². The zero-order valence-corrected chi connectivity index (χ0v) is 9.29. The molecule has 0 radical (unpaired) electrons. The molecule has 1 aliphatic heterocycles. The van der Waals surface area contributed by atoms with E-state index in [1.807, 2.05) is 0 Å². The van der Waals surface area contributed by atoms with Crippen LogP contribution in [0.25, 0.3) is 0 Å². The van der Waals surface area contributed by atoms with Gasteiger partial charge in [-0.1, -0.05) is 19.6 Å². The first-order valence-corrected chi connectivity index (χ1v) is 7.89. The Bertz CT molecular complexity index is 266. The highest BCUT2D eigenvalue weighted by atomic mass is 28.3. The van der Waals surface area contributed by atoms with Crippen molar-refractivity contribution in [3.8, 4) is 11.5 Å². The van der Waals surface area contributed by atoms with Crippen molar-refractivity contribution < 1.29 is 9.90 Å². The van der Waals surface area contributed by atoms with Crippen molar-refractivity contribution >= 4 is 14.2 Å². The van der Waals surface area contributed by atoms with Crippen LogP contribution in [0.4, 0.5) is 4.79 Å². The summed E-state index contributed by atoms with van der Waals surface area (Å²) in [4.78, 5) is 11.8. The predicted octanol–water partition coefficient (Wildman–Crippen LogP) is 1.48. The molecule has 0 bridgehead atoms. The van der Waals surface area contributed by atoms with E-state index in [4.69, 9.17) is 5.11 Å². The molecule has 0 aromatic heterocycles.